The summed E-state index contributed by atoms with van der Waals surface area (Å²) in [6.07, 6.45) is 3.85. The molecule has 0 saturated heterocycles. The molecule has 6 heteroatoms. The minimum atomic E-state index is -0.540. The Morgan fingerprint density at radius 1 is 1.35 bits per heavy atom. The largest absolute Gasteiger partial charge is 0.503 e. The second kappa shape index (κ2) is 6.01. The van der Waals surface area contributed by atoms with E-state index in [0.29, 0.717) is 5.82 Å². The molecule has 104 valence electrons. The van der Waals surface area contributed by atoms with Gasteiger partial charge >= 0.3 is 0 Å². The molecule has 2 rings (SSSR count). The van der Waals surface area contributed by atoms with Gasteiger partial charge in [0.1, 0.15) is 5.82 Å². The molecule has 0 fully saturated rings. The van der Waals surface area contributed by atoms with E-state index in [-0.39, 0.29) is 17.2 Å². The first-order valence-corrected chi connectivity index (χ1v) is 6.14. The summed E-state index contributed by atoms with van der Waals surface area (Å²) >= 11 is 0. The fraction of sp³-hybridized carbons (Fsp3) is 0.214. The van der Waals surface area contributed by atoms with Gasteiger partial charge in [-0.2, -0.15) is 0 Å². The van der Waals surface area contributed by atoms with Crippen molar-refractivity contribution < 1.29 is 14.6 Å². The number of carbonyl (C=O) groups excluding carboxylic acids is 1. The molecular weight excluding hydrogens is 258 g/mol. The molecule has 0 aliphatic heterocycles. The summed E-state index contributed by atoms with van der Waals surface area (Å²) < 4.78 is 4.94. The van der Waals surface area contributed by atoms with Crippen LogP contribution in [0, 0.1) is 0 Å². The van der Waals surface area contributed by atoms with Crippen LogP contribution < -0.4 is 10.1 Å². The molecule has 0 aliphatic rings. The third kappa shape index (κ3) is 2.85. The number of aromatic hydroxyl groups is 1. The third-order valence-corrected chi connectivity index (χ3v) is 2.80. The molecule has 0 radical (unpaired) electrons. The van der Waals surface area contributed by atoms with Crippen LogP contribution in [-0.4, -0.2) is 28.1 Å². The van der Waals surface area contributed by atoms with Gasteiger partial charge in [0.15, 0.2) is 17.2 Å². The first kappa shape index (κ1) is 13.8. The minimum Gasteiger partial charge on any atom is -0.503 e. The predicted octanol–water partition coefficient (Wildman–Crippen LogP) is 2.01. The molecular formula is C14H15N3O3. The molecule has 2 aromatic heterocycles. The van der Waals surface area contributed by atoms with Gasteiger partial charge in [-0.1, -0.05) is 6.92 Å². The molecule has 20 heavy (non-hydrogen) atoms. The Bertz CT molecular complexity index is 629. The van der Waals surface area contributed by atoms with Crippen LogP contribution in [0.1, 0.15) is 23.0 Å². The van der Waals surface area contributed by atoms with Crippen molar-refractivity contribution in [3.63, 3.8) is 0 Å². The number of aromatic nitrogens is 2. The van der Waals surface area contributed by atoms with Crippen LogP contribution in [0.25, 0.3) is 0 Å². The standard InChI is InChI=1S/C14H15N3O3/c1-3-9-4-6-15-11(8-9)17-14(19)12-13(18)10(20-2)5-7-16-12/h4-8,18H,3H2,1-2H3,(H,15,17,19). The molecule has 2 aromatic rings. The van der Waals surface area contributed by atoms with E-state index in [4.69, 9.17) is 4.74 Å². The maximum absolute atomic E-state index is 12.1. The average molecular weight is 273 g/mol. The highest BCUT2D eigenvalue weighted by atomic mass is 16.5. The lowest BCUT2D eigenvalue weighted by Crippen LogP contribution is -2.15. The van der Waals surface area contributed by atoms with Crippen LogP contribution in [0.3, 0.4) is 0 Å². The molecule has 0 saturated carbocycles. The number of rotatable bonds is 4. The second-order valence-corrected chi connectivity index (χ2v) is 4.07. The molecule has 0 spiro atoms. The number of anilines is 1. The highest BCUT2D eigenvalue weighted by Gasteiger charge is 2.17. The van der Waals surface area contributed by atoms with Crippen LogP contribution >= 0.6 is 0 Å². The van der Waals surface area contributed by atoms with Crippen molar-refractivity contribution in [2.75, 3.05) is 12.4 Å². The summed E-state index contributed by atoms with van der Waals surface area (Å²) in [5.41, 5.74) is 0.950. The fourth-order valence-electron chi connectivity index (χ4n) is 1.71. The SMILES string of the molecule is CCc1ccnc(NC(=O)c2nccc(OC)c2O)c1. The highest BCUT2D eigenvalue weighted by molar-refractivity contribution is 6.04. The molecule has 2 N–H and O–H groups in total. The van der Waals surface area contributed by atoms with E-state index in [0.717, 1.165) is 12.0 Å². The van der Waals surface area contributed by atoms with Crippen molar-refractivity contribution in [2.45, 2.75) is 13.3 Å². The van der Waals surface area contributed by atoms with E-state index in [1.54, 1.807) is 12.3 Å². The second-order valence-electron chi connectivity index (χ2n) is 4.07. The van der Waals surface area contributed by atoms with E-state index in [1.165, 1.54) is 19.4 Å². The van der Waals surface area contributed by atoms with Gasteiger partial charge in [-0.15, -0.1) is 0 Å². The number of amides is 1. The number of nitrogens with zero attached hydrogens (tertiary/aromatic N) is 2. The minimum absolute atomic E-state index is 0.104. The van der Waals surface area contributed by atoms with Crippen LogP contribution in [0.2, 0.25) is 0 Å². The Kier molecular flexibility index (Phi) is 4.14. The Labute approximate surface area is 116 Å². The van der Waals surface area contributed by atoms with Crippen LogP contribution in [0.4, 0.5) is 5.82 Å². The van der Waals surface area contributed by atoms with Crippen molar-refractivity contribution in [3.8, 4) is 11.5 Å². The molecule has 0 bridgehead atoms. The number of hydrogen-bond donors (Lipinski definition) is 2. The van der Waals surface area contributed by atoms with Crippen LogP contribution in [0.5, 0.6) is 11.5 Å². The number of carbonyl (C=O) groups is 1. The summed E-state index contributed by atoms with van der Waals surface area (Å²) in [6, 6.07) is 5.12. The maximum Gasteiger partial charge on any atom is 0.279 e. The Morgan fingerprint density at radius 3 is 2.80 bits per heavy atom. The first-order chi connectivity index (χ1) is 9.65. The van der Waals surface area contributed by atoms with Crippen molar-refractivity contribution in [2.24, 2.45) is 0 Å². The normalized spacial score (nSPS) is 10.1. The summed E-state index contributed by atoms with van der Waals surface area (Å²) in [7, 11) is 1.41. The van der Waals surface area contributed by atoms with E-state index in [1.807, 2.05) is 13.0 Å². The number of ether oxygens (including phenoxy) is 1. The molecule has 0 aromatic carbocycles. The lowest BCUT2D eigenvalue weighted by Gasteiger charge is -2.08. The van der Waals surface area contributed by atoms with Gasteiger partial charge in [0.25, 0.3) is 5.91 Å². The Balaban J connectivity index is 2.24. The van der Waals surface area contributed by atoms with Crippen molar-refractivity contribution in [3.05, 3.63) is 41.9 Å². The van der Waals surface area contributed by atoms with Gasteiger partial charge in [-0.3, -0.25) is 4.79 Å². The quantitative estimate of drug-likeness (QED) is 0.890. The lowest BCUT2D eigenvalue weighted by atomic mass is 10.2. The van der Waals surface area contributed by atoms with Crippen LogP contribution in [-0.2, 0) is 6.42 Å². The Hall–Kier alpha value is -2.63. The molecule has 2 heterocycles. The summed E-state index contributed by atoms with van der Waals surface area (Å²) in [5, 5.41) is 12.5. The zero-order valence-electron chi connectivity index (χ0n) is 11.3. The number of nitrogens with one attached hydrogen (secondary N) is 1. The van der Waals surface area contributed by atoms with Gasteiger partial charge < -0.3 is 15.2 Å². The van der Waals surface area contributed by atoms with Gasteiger partial charge in [0.2, 0.25) is 0 Å². The molecule has 0 atom stereocenters. The van der Waals surface area contributed by atoms with E-state index < -0.39 is 5.91 Å². The molecule has 0 aliphatic carbocycles. The third-order valence-electron chi connectivity index (χ3n) is 2.80. The number of aryl methyl sites for hydroxylation is 1. The first-order valence-electron chi connectivity index (χ1n) is 6.14. The average Bonchev–Trinajstić information content (AvgIpc) is 2.47. The summed E-state index contributed by atoms with van der Waals surface area (Å²) in [5.74, 6) is -0.222. The van der Waals surface area contributed by atoms with Gasteiger partial charge in [0, 0.05) is 18.5 Å². The number of methoxy groups -OCH3 is 1. The fourth-order valence-corrected chi connectivity index (χ4v) is 1.71. The molecule has 1 amide bonds. The van der Waals surface area contributed by atoms with E-state index >= 15 is 0 Å². The maximum atomic E-state index is 12.1. The van der Waals surface area contributed by atoms with Crippen LogP contribution in [0.15, 0.2) is 30.6 Å². The van der Waals surface area contributed by atoms with Gasteiger partial charge in [-0.05, 0) is 24.1 Å². The number of hydrogen-bond acceptors (Lipinski definition) is 5. The zero-order chi connectivity index (χ0) is 14.5. The topological polar surface area (TPSA) is 84.3 Å². The predicted molar refractivity (Wildman–Crippen MR) is 74.0 cm³/mol. The van der Waals surface area contributed by atoms with Gasteiger partial charge in [0.05, 0.1) is 7.11 Å². The van der Waals surface area contributed by atoms with Crippen molar-refractivity contribution >= 4 is 11.7 Å². The molecule has 6 nitrogen and oxygen atoms in total. The number of pyridine rings is 2. The highest BCUT2D eigenvalue weighted by Crippen LogP contribution is 2.27. The van der Waals surface area contributed by atoms with Crippen molar-refractivity contribution in [1.29, 1.82) is 0 Å². The van der Waals surface area contributed by atoms with Gasteiger partial charge in [-0.25, -0.2) is 9.97 Å². The molecule has 0 unspecified atom stereocenters. The van der Waals surface area contributed by atoms with E-state index in [2.05, 4.69) is 15.3 Å². The summed E-state index contributed by atoms with van der Waals surface area (Å²) in [6.45, 7) is 2.01. The summed E-state index contributed by atoms with van der Waals surface area (Å²) in [4.78, 5) is 20.0. The van der Waals surface area contributed by atoms with E-state index in [9.17, 15) is 9.90 Å². The monoisotopic (exact) mass is 273 g/mol. The van der Waals surface area contributed by atoms with Crippen molar-refractivity contribution in [1.82, 2.24) is 9.97 Å². The zero-order valence-corrected chi connectivity index (χ0v) is 11.3. The lowest BCUT2D eigenvalue weighted by molar-refractivity contribution is 0.101. The smallest absolute Gasteiger partial charge is 0.279 e. The Morgan fingerprint density at radius 2 is 2.10 bits per heavy atom.